The number of aryl methyl sites for hydroxylation is 2. The quantitative estimate of drug-likeness (QED) is 0.396. The molecule has 4 rings (SSSR count). The van der Waals surface area contributed by atoms with Crippen LogP contribution in [0.2, 0.25) is 0 Å². The molecule has 0 spiro atoms. The molecule has 0 amide bonds. The van der Waals surface area contributed by atoms with Gasteiger partial charge >= 0.3 is 0 Å². The number of nitrogens with one attached hydrogen (secondary N) is 4. The highest BCUT2D eigenvalue weighted by Crippen LogP contribution is 2.30. The molecular formula is C25H30N4. The van der Waals surface area contributed by atoms with E-state index in [1.54, 1.807) is 0 Å². The minimum absolute atomic E-state index is 1.05. The molecule has 0 unspecified atom stereocenters. The fourth-order valence-corrected chi connectivity index (χ4v) is 3.99. The maximum absolute atomic E-state index is 4.22. The Morgan fingerprint density at radius 3 is 1.93 bits per heavy atom. The molecular weight excluding hydrogens is 356 g/mol. The lowest BCUT2D eigenvalue weighted by molar-refractivity contribution is 1.17. The SMILES string of the molecule is C=c1c(C)c[nH]/c1=c1\[nH]c(=Cc2[nH]c(-c3[nH]cc(C)c3C)c(C)c2C)c(C)c1C. The second kappa shape index (κ2) is 6.73. The zero-order valence-corrected chi connectivity index (χ0v) is 18.4. The molecule has 4 nitrogen and oxygen atoms in total. The maximum Gasteiger partial charge on any atom is 0.0692 e. The van der Waals surface area contributed by atoms with Gasteiger partial charge in [0.05, 0.1) is 22.1 Å². The largest absolute Gasteiger partial charge is 0.359 e. The van der Waals surface area contributed by atoms with E-state index in [-0.39, 0.29) is 0 Å². The molecule has 4 N–H and O–H groups in total. The number of hydrogen-bond acceptors (Lipinski definition) is 0. The fraction of sp³-hybridized carbons (Fsp3) is 0.280. The Kier molecular flexibility index (Phi) is 4.45. The normalized spacial score (nSPS) is 13.6. The topological polar surface area (TPSA) is 63.2 Å². The summed E-state index contributed by atoms with van der Waals surface area (Å²) in [5, 5.41) is 4.36. The van der Waals surface area contributed by atoms with Crippen LogP contribution in [-0.2, 0) is 0 Å². The molecule has 0 aliphatic rings. The van der Waals surface area contributed by atoms with Crippen LogP contribution in [0.5, 0.6) is 0 Å². The van der Waals surface area contributed by atoms with Gasteiger partial charge in [0.15, 0.2) is 0 Å². The van der Waals surface area contributed by atoms with Crippen LogP contribution in [-0.4, -0.2) is 19.9 Å². The Labute approximate surface area is 171 Å². The monoisotopic (exact) mass is 386 g/mol. The first-order chi connectivity index (χ1) is 13.7. The summed E-state index contributed by atoms with van der Waals surface area (Å²) in [7, 11) is 0. The molecule has 0 aromatic carbocycles. The van der Waals surface area contributed by atoms with E-state index in [1.807, 2.05) is 6.20 Å². The lowest BCUT2D eigenvalue weighted by Crippen LogP contribution is -2.06. The Hall–Kier alpha value is -3.14. The number of rotatable bonds is 2. The Morgan fingerprint density at radius 1 is 0.655 bits per heavy atom. The van der Waals surface area contributed by atoms with Crippen LogP contribution < -0.4 is 10.6 Å². The molecule has 0 atom stereocenters. The molecule has 29 heavy (non-hydrogen) atoms. The minimum atomic E-state index is 1.05. The van der Waals surface area contributed by atoms with Crippen LogP contribution in [0.25, 0.3) is 24.0 Å². The molecule has 0 aliphatic heterocycles. The summed E-state index contributed by atoms with van der Waals surface area (Å²) in [6.07, 6.45) is 6.31. The van der Waals surface area contributed by atoms with Crippen molar-refractivity contribution >= 4 is 12.7 Å². The summed E-state index contributed by atoms with van der Waals surface area (Å²) in [6, 6.07) is 0. The standard InChI is InChI=1S/C25H30N4/c1-12-10-26-22(14(12)3)24-18(7)16(5)20(28-24)9-21-17(6)19(8)25(29-21)23-15(4)13(2)11-27-23/h9-11,26-29H,3H2,1-2,4-8H3/b20-9?,24-22-. The molecule has 0 fully saturated rings. The van der Waals surface area contributed by atoms with Gasteiger partial charge in [-0.15, -0.1) is 0 Å². The van der Waals surface area contributed by atoms with E-state index in [2.05, 4.69) is 87.3 Å². The highest BCUT2D eigenvalue weighted by Gasteiger charge is 2.15. The van der Waals surface area contributed by atoms with Crippen LogP contribution in [0.4, 0.5) is 0 Å². The molecule has 4 aromatic heterocycles. The molecule has 0 aliphatic carbocycles. The molecule has 0 bridgehead atoms. The third kappa shape index (κ3) is 2.91. The lowest BCUT2D eigenvalue weighted by Gasteiger charge is -2.00. The van der Waals surface area contributed by atoms with E-state index in [0.717, 1.165) is 27.0 Å². The van der Waals surface area contributed by atoms with E-state index in [0.29, 0.717) is 0 Å². The van der Waals surface area contributed by atoms with Crippen molar-refractivity contribution < 1.29 is 0 Å². The summed E-state index contributed by atoms with van der Waals surface area (Å²) >= 11 is 0. The predicted molar refractivity (Wildman–Crippen MR) is 121 cm³/mol. The first-order valence-electron chi connectivity index (χ1n) is 10.1. The van der Waals surface area contributed by atoms with Gasteiger partial charge in [-0.2, -0.15) is 0 Å². The maximum atomic E-state index is 4.22. The first-order valence-corrected chi connectivity index (χ1v) is 10.1. The van der Waals surface area contributed by atoms with Crippen molar-refractivity contribution in [2.24, 2.45) is 0 Å². The third-order valence-corrected chi connectivity index (χ3v) is 6.60. The van der Waals surface area contributed by atoms with Crippen molar-refractivity contribution in [1.82, 2.24) is 19.9 Å². The van der Waals surface area contributed by atoms with Gasteiger partial charge in [-0.25, -0.2) is 0 Å². The average molecular weight is 387 g/mol. The Balaban J connectivity index is 1.96. The Bertz CT molecular complexity index is 1430. The average Bonchev–Trinajstić information content (AvgIpc) is 3.37. The van der Waals surface area contributed by atoms with Crippen molar-refractivity contribution in [1.29, 1.82) is 0 Å². The summed E-state index contributed by atoms with van der Waals surface area (Å²) in [5.74, 6) is 0. The van der Waals surface area contributed by atoms with Gasteiger partial charge in [0.25, 0.3) is 0 Å². The highest BCUT2D eigenvalue weighted by atomic mass is 14.8. The summed E-state index contributed by atoms with van der Waals surface area (Å²) in [4.78, 5) is 14.1. The zero-order chi connectivity index (χ0) is 21.0. The fourth-order valence-electron chi connectivity index (χ4n) is 3.99. The van der Waals surface area contributed by atoms with Crippen LogP contribution in [0.1, 0.15) is 44.6 Å². The number of aromatic nitrogens is 4. The smallest absolute Gasteiger partial charge is 0.0692 e. The van der Waals surface area contributed by atoms with E-state index in [9.17, 15) is 0 Å². The van der Waals surface area contributed by atoms with E-state index < -0.39 is 0 Å². The van der Waals surface area contributed by atoms with E-state index in [1.165, 1.54) is 50.3 Å². The number of H-pyrrole nitrogens is 4. The van der Waals surface area contributed by atoms with Crippen molar-refractivity contribution in [2.75, 3.05) is 0 Å². The summed E-state index contributed by atoms with van der Waals surface area (Å²) in [6.45, 7) is 19.3. The van der Waals surface area contributed by atoms with Gasteiger partial charge in [-0.05, 0) is 98.7 Å². The molecule has 150 valence electrons. The molecule has 0 saturated carbocycles. The third-order valence-electron chi connectivity index (χ3n) is 6.60. The minimum Gasteiger partial charge on any atom is -0.359 e. The van der Waals surface area contributed by atoms with E-state index >= 15 is 0 Å². The van der Waals surface area contributed by atoms with Gasteiger partial charge in [-0.1, -0.05) is 6.58 Å². The van der Waals surface area contributed by atoms with Crippen LogP contribution in [0, 0.1) is 59.2 Å². The predicted octanol–water partition coefficient (Wildman–Crippen LogP) is 4.35. The van der Waals surface area contributed by atoms with Gasteiger partial charge in [0, 0.05) is 23.4 Å². The Morgan fingerprint density at radius 2 is 1.34 bits per heavy atom. The van der Waals surface area contributed by atoms with Crippen molar-refractivity contribution in [2.45, 2.75) is 48.5 Å². The van der Waals surface area contributed by atoms with Gasteiger partial charge in [0.2, 0.25) is 0 Å². The molecule has 4 aromatic rings. The summed E-state index contributed by atoms with van der Waals surface area (Å²) < 4.78 is 0. The second-order valence-corrected chi connectivity index (χ2v) is 8.27. The van der Waals surface area contributed by atoms with Crippen molar-refractivity contribution in [3.8, 4) is 11.4 Å². The van der Waals surface area contributed by atoms with Crippen molar-refractivity contribution in [3.63, 3.8) is 0 Å². The molecule has 4 heterocycles. The molecule has 0 saturated heterocycles. The highest BCUT2D eigenvalue weighted by molar-refractivity contribution is 5.70. The lowest BCUT2D eigenvalue weighted by atomic mass is 10.1. The van der Waals surface area contributed by atoms with Gasteiger partial charge in [0.1, 0.15) is 0 Å². The van der Waals surface area contributed by atoms with E-state index in [4.69, 9.17) is 0 Å². The molecule has 0 radical (unpaired) electrons. The second-order valence-electron chi connectivity index (χ2n) is 8.27. The van der Waals surface area contributed by atoms with Gasteiger partial charge < -0.3 is 19.9 Å². The van der Waals surface area contributed by atoms with Crippen LogP contribution in [0.3, 0.4) is 0 Å². The van der Waals surface area contributed by atoms with Gasteiger partial charge in [-0.3, -0.25) is 0 Å². The molecule has 4 heteroatoms. The zero-order valence-electron chi connectivity index (χ0n) is 18.4. The first kappa shape index (κ1) is 19.2. The van der Waals surface area contributed by atoms with Crippen LogP contribution in [0.15, 0.2) is 12.4 Å². The summed E-state index contributed by atoms with van der Waals surface area (Å²) in [5.41, 5.74) is 12.3. The van der Waals surface area contributed by atoms with Crippen molar-refractivity contribution in [3.05, 3.63) is 78.3 Å². The number of hydrogen-bond donors (Lipinski definition) is 4. The number of aromatic amines is 4. The van der Waals surface area contributed by atoms with Crippen LogP contribution >= 0.6 is 0 Å².